The summed E-state index contributed by atoms with van der Waals surface area (Å²) < 4.78 is 13.2. The standard InChI is InChI=1S/C20H26FN3O2/c21-16-8-6-14(7-9-16)17-18(25)22-12-13-24(17)19(26)23-20(10-11-20)15-4-2-1-3-5-15/h6-9,15,17H,1-5,10-13H2,(H,22,25)(H,23,26). The molecule has 1 aromatic carbocycles. The smallest absolute Gasteiger partial charge is 0.318 e. The summed E-state index contributed by atoms with van der Waals surface area (Å²) in [7, 11) is 0. The molecule has 2 N–H and O–H groups in total. The van der Waals surface area contributed by atoms with Gasteiger partial charge in [0.25, 0.3) is 0 Å². The fraction of sp³-hybridized carbons (Fsp3) is 0.600. The number of nitrogens with one attached hydrogen (secondary N) is 2. The van der Waals surface area contributed by atoms with Crippen molar-refractivity contribution in [3.05, 3.63) is 35.6 Å². The van der Waals surface area contributed by atoms with Gasteiger partial charge < -0.3 is 15.5 Å². The van der Waals surface area contributed by atoms with Gasteiger partial charge in [0.2, 0.25) is 5.91 Å². The van der Waals surface area contributed by atoms with Crippen molar-refractivity contribution in [2.75, 3.05) is 13.1 Å². The Morgan fingerprint density at radius 1 is 1.15 bits per heavy atom. The van der Waals surface area contributed by atoms with Crippen LogP contribution in [0.3, 0.4) is 0 Å². The minimum absolute atomic E-state index is 0.0707. The predicted octanol–water partition coefficient (Wildman–Crippen LogP) is 3.12. The van der Waals surface area contributed by atoms with Gasteiger partial charge in [-0.3, -0.25) is 4.79 Å². The number of urea groups is 1. The number of hydrogen-bond donors (Lipinski definition) is 2. The lowest BCUT2D eigenvalue weighted by atomic mass is 9.82. The lowest BCUT2D eigenvalue weighted by Crippen LogP contribution is -2.57. The van der Waals surface area contributed by atoms with Crippen molar-refractivity contribution < 1.29 is 14.0 Å². The van der Waals surface area contributed by atoms with E-state index >= 15 is 0 Å². The van der Waals surface area contributed by atoms with E-state index in [2.05, 4.69) is 10.6 Å². The number of nitrogens with zero attached hydrogens (tertiary/aromatic N) is 1. The van der Waals surface area contributed by atoms with Gasteiger partial charge in [-0.1, -0.05) is 31.4 Å². The van der Waals surface area contributed by atoms with Crippen LogP contribution in [0.2, 0.25) is 0 Å². The Labute approximate surface area is 153 Å². The van der Waals surface area contributed by atoms with Crippen LogP contribution in [0.4, 0.5) is 9.18 Å². The first-order chi connectivity index (χ1) is 12.6. The van der Waals surface area contributed by atoms with Gasteiger partial charge in [-0.2, -0.15) is 0 Å². The number of hydrogen-bond acceptors (Lipinski definition) is 2. The third-order valence-electron chi connectivity index (χ3n) is 6.19. The summed E-state index contributed by atoms with van der Waals surface area (Å²) in [6.45, 7) is 0.904. The van der Waals surface area contributed by atoms with Gasteiger partial charge in [0.1, 0.15) is 11.9 Å². The molecule has 140 valence electrons. The molecule has 2 saturated carbocycles. The van der Waals surface area contributed by atoms with E-state index in [0.29, 0.717) is 24.6 Å². The number of halogens is 1. The molecule has 1 aromatic rings. The first-order valence-electron chi connectivity index (χ1n) is 9.71. The molecule has 3 fully saturated rings. The molecule has 1 aliphatic heterocycles. The van der Waals surface area contributed by atoms with Crippen LogP contribution in [0.25, 0.3) is 0 Å². The molecule has 5 nitrogen and oxygen atoms in total. The molecule has 0 aromatic heterocycles. The highest BCUT2D eigenvalue weighted by Crippen LogP contribution is 2.48. The Morgan fingerprint density at radius 3 is 2.50 bits per heavy atom. The molecule has 4 rings (SSSR count). The Balaban J connectivity index is 1.51. The van der Waals surface area contributed by atoms with Crippen molar-refractivity contribution in [1.82, 2.24) is 15.5 Å². The zero-order valence-corrected chi connectivity index (χ0v) is 15.0. The van der Waals surface area contributed by atoms with Gasteiger partial charge in [-0.05, 0) is 49.3 Å². The molecule has 26 heavy (non-hydrogen) atoms. The number of amides is 3. The Bertz CT molecular complexity index is 681. The lowest BCUT2D eigenvalue weighted by Gasteiger charge is -2.38. The maximum atomic E-state index is 13.2. The second-order valence-corrected chi connectivity index (χ2v) is 7.86. The van der Waals surface area contributed by atoms with Gasteiger partial charge in [-0.15, -0.1) is 0 Å². The average molecular weight is 359 g/mol. The first-order valence-corrected chi connectivity index (χ1v) is 9.71. The second-order valence-electron chi connectivity index (χ2n) is 7.86. The van der Waals surface area contributed by atoms with E-state index in [1.807, 2.05) is 0 Å². The number of rotatable bonds is 3. The van der Waals surface area contributed by atoms with Crippen molar-refractivity contribution in [3.8, 4) is 0 Å². The maximum Gasteiger partial charge on any atom is 0.318 e. The number of piperazine rings is 1. The van der Waals surface area contributed by atoms with Crippen LogP contribution < -0.4 is 10.6 Å². The van der Waals surface area contributed by atoms with Gasteiger partial charge in [0.05, 0.1) is 0 Å². The van der Waals surface area contributed by atoms with Crippen LogP contribution in [-0.4, -0.2) is 35.5 Å². The van der Waals surface area contributed by atoms with Crippen LogP contribution in [0.1, 0.15) is 56.6 Å². The maximum absolute atomic E-state index is 13.2. The highest BCUT2D eigenvalue weighted by molar-refractivity contribution is 5.89. The van der Waals surface area contributed by atoms with Crippen molar-refractivity contribution in [1.29, 1.82) is 0 Å². The molecule has 3 amide bonds. The summed E-state index contributed by atoms with van der Waals surface area (Å²) in [5, 5.41) is 6.09. The van der Waals surface area contributed by atoms with Gasteiger partial charge in [-0.25, -0.2) is 9.18 Å². The molecule has 0 bridgehead atoms. The summed E-state index contributed by atoms with van der Waals surface area (Å²) in [6.07, 6.45) is 8.21. The summed E-state index contributed by atoms with van der Waals surface area (Å²) in [4.78, 5) is 27.1. The Hall–Kier alpha value is -2.11. The Kier molecular flexibility index (Phi) is 4.59. The van der Waals surface area contributed by atoms with E-state index in [1.165, 1.54) is 44.2 Å². The zero-order valence-electron chi connectivity index (χ0n) is 15.0. The highest BCUT2D eigenvalue weighted by Gasteiger charge is 2.51. The average Bonchev–Trinajstić information content (AvgIpc) is 3.44. The predicted molar refractivity (Wildman–Crippen MR) is 95.9 cm³/mol. The van der Waals surface area contributed by atoms with Gasteiger partial charge in [0.15, 0.2) is 0 Å². The minimum atomic E-state index is -0.702. The molecule has 1 heterocycles. The monoisotopic (exact) mass is 359 g/mol. The summed E-state index contributed by atoms with van der Waals surface area (Å²) in [5.41, 5.74) is 0.569. The normalized spacial score (nSPS) is 25.5. The first kappa shape index (κ1) is 17.3. The second kappa shape index (κ2) is 6.89. The summed E-state index contributed by atoms with van der Waals surface area (Å²) in [5.74, 6) is -0.00110. The van der Waals surface area contributed by atoms with E-state index < -0.39 is 6.04 Å². The summed E-state index contributed by atoms with van der Waals surface area (Å²) >= 11 is 0. The van der Waals surface area contributed by atoms with E-state index in [4.69, 9.17) is 0 Å². The van der Waals surface area contributed by atoms with E-state index in [0.717, 1.165) is 12.8 Å². The third-order valence-corrected chi connectivity index (χ3v) is 6.19. The van der Waals surface area contributed by atoms with Crippen LogP contribution in [0, 0.1) is 11.7 Å². The van der Waals surface area contributed by atoms with Gasteiger partial charge >= 0.3 is 6.03 Å². The molecule has 1 saturated heterocycles. The fourth-order valence-corrected chi connectivity index (χ4v) is 4.57. The topological polar surface area (TPSA) is 61.4 Å². The largest absolute Gasteiger partial charge is 0.352 e. The van der Waals surface area contributed by atoms with Crippen molar-refractivity contribution in [2.24, 2.45) is 5.92 Å². The van der Waals surface area contributed by atoms with E-state index in [9.17, 15) is 14.0 Å². The van der Waals surface area contributed by atoms with Crippen LogP contribution in [0.15, 0.2) is 24.3 Å². The van der Waals surface area contributed by atoms with Crippen molar-refractivity contribution in [3.63, 3.8) is 0 Å². The molecular weight excluding hydrogens is 333 g/mol. The number of carbonyl (C=O) groups is 2. The molecule has 6 heteroatoms. The molecule has 1 unspecified atom stereocenters. The van der Waals surface area contributed by atoms with Crippen LogP contribution in [0.5, 0.6) is 0 Å². The van der Waals surface area contributed by atoms with Gasteiger partial charge in [0, 0.05) is 18.6 Å². The number of carbonyl (C=O) groups excluding carboxylic acids is 2. The fourth-order valence-electron chi connectivity index (χ4n) is 4.57. The van der Waals surface area contributed by atoms with Crippen molar-refractivity contribution in [2.45, 2.75) is 56.5 Å². The molecule has 3 aliphatic rings. The quantitative estimate of drug-likeness (QED) is 0.871. The minimum Gasteiger partial charge on any atom is -0.352 e. The van der Waals surface area contributed by atoms with Crippen LogP contribution >= 0.6 is 0 Å². The molecule has 1 atom stereocenters. The zero-order chi connectivity index (χ0) is 18.1. The molecule has 2 aliphatic carbocycles. The van der Waals surface area contributed by atoms with Crippen molar-refractivity contribution >= 4 is 11.9 Å². The number of benzene rings is 1. The van der Waals surface area contributed by atoms with E-state index in [1.54, 1.807) is 17.0 Å². The Morgan fingerprint density at radius 2 is 1.85 bits per heavy atom. The summed E-state index contributed by atoms with van der Waals surface area (Å²) in [6, 6.07) is 4.96. The van der Waals surface area contributed by atoms with E-state index in [-0.39, 0.29) is 23.3 Å². The highest BCUT2D eigenvalue weighted by atomic mass is 19.1. The SMILES string of the molecule is O=C1NCCN(C(=O)NC2(C3CCCCC3)CC2)C1c1ccc(F)cc1. The molecular formula is C20H26FN3O2. The lowest BCUT2D eigenvalue weighted by molar-refractivity contribution is -0.127. The molecule has 0 spiro atoms. The molecule has 0 radical (unpaired) electrons. The third kappa shape index (κ3) is 3.29. The van der Waals surface area contributed by atoms with Crippen LogP contribution in [-0.2, 0) is 4.79 Å².